The Bertz CT molecular complexity index is 537. The lowest BCUT2D eigenvalue weighted by Gasteiger charge is -2.06. The van der Waals surface area contributed by atoms with Gasteiger partial charge in [0.2, 0.25) is 6.54 Å². The summed E-state index contributed by atoms with van der Waals surface area (Å²) in [4.78, 5) is 9.97. The van der Waals surface area contributed by atoms with Crippen molar-refractivity contribution in [3.63, 3.8) is 0 Å². The van der Waals surface area contributed by atoms with Crippen molar-refractivity contribution in [3.8, 4) is 5.75 Å². The average Bonchev–Trinajstić information content (AvgIpc) is 2.27. The summed E-state index contributed by atoms with van der Waals surface area (Å²) < 4.78 is 0. The highest BCUT2D eigenvalue weighted by Crippen LogP contribution is 2.27. The summed E-state index contributed by atoms with van der Waals surface area (Å²) in [7, 11) is 0. The summed E-state index contributed by atoms with van der Waals surface area (Å²) in [5.41, 5.74) is 0.648. The van der Waals surface area contributed by atoms with Gasteiger partial charge in [-0.05, 0) is 16.8 Å². The second-order valence-corrected chi connectivity index (χ2v) is 3.59. The molecule has 0 fully saturated rings. The van der Waals surface area contributed by atoms with Gasteiger partial charge in [-0.1, -0.05) is 30.3 Å². The van der Waals surface area contributed by atoms with Crippen molar-refractivity contribution in [2.45, 2.75) is 6.42 Å². The van der Waals surface area contributed by atoms with Crippen LogP contribution in [0.15, 0.2) is 36.4 Å². The molecule has 0 aromatic heterocycles. The fourth-order valence-electron chi connectivity index (χ4n) is 1.79. The molecule has 0 aliphatic rings. The molecule has 0 unspecified atom stereocenters. The maximum absolute atomic E-state index is 10.3. The molecule has 0 aliphatic carbocycles. The van der Waals surface area contributed by atoms with Crippen molar-refractivity contribution >= 4 is 10.8 Å². The van der Waals surface area contributed by atoms with Crippen LogP contribution in [-0.2, 0) is 6.42 Å². The molecular weight excluding hydrogens is 206 g/mol. The lowest BCUT2D eigenvalue weighted by molar-refractivity contribution is -0.479. The smallest absolute Gasteiger partial charge is 0.208 e. The predicted octanol–water partition coefficient (Wildman–Crippen LogP) is 2.36. The Balaban J connectivity index is 2.48. The lowest BCUT2D eigenvalue weighted by atomic mass is 10.0. The molecule has 0 atom stereocenters. The van der Waals surface area contributed by atoms with Crippen LogP contribution in [0.5, 0.6) is 5.75 Å². The third-order valence-corrected chi connectivity index (χ3v) is 2.56. The van der Waals surface area contributed by atoms with Crippen LogP contribution in [0.2, 0.25) is 0 Å². The van der Waals surface area contributed by atoms with Gasteiger partial charge in [0.25, 0.3) is 0 Å². The normalized spacial score (nSPS) is 10.5. The Hall–Kier alpha value is -2.10. The number of nitrogens with zero attached hydrogens (tertiary/aromatic N) is 1. The summed E-state index contributed by atoms with van der Waals surface area (Å²) in [5, 5.41) is 21.9. The Kier molecular flexibility index (Phi) is 2.72. The number of aromatic hydroxyl groups is 1. The van der Waals surface area contributed by atoms with E-state index in [0.29, 0.717) is 5.56 Å². The number of nitro groups is 1. The third kappa shape index (κ3) is 1.95. The highest BCUT2D eigenvalue weighted by Gasteiger charge is 2.09. The van der Waals surface area contributed by atoms with Gasteiger partial charge in [0.05, 0.1) is 0 Å². The van der Waals surface area contributed by atoms with Gasteiger partial charge in [0, 0.05) is 16.9 Å². The zero-order valence-corrected chi connectivity index (χ0v) is 8.59. The molecule has 16 heavy (non-hydrogen) atoms. The van der Waals surface area contributed by atoms with Crippen LogP contribution in [0.3, 0.4) is 0 Å². The van der Waals surface area contributed by atoms with E-state index in [2.05, 4.69) is 0 Å². The van der Waals surface area contributed by atoms with Gasteiger partial charge in [-0.25, -0.2) is 0 Å². The van der Waals surface area contributed by atoms with Gasteiger partial charge in [-0.15, -0.1) is 0 Å². The van der Waals surface area contributed by atoms with Crippen LogP contribution in [-0.4, -0.2) is 16.6 Å². The van der Waals surface area contributed by atoms with E-state index in [1.54, 1.807) is 12.1 Å². The van der Waals surface area contributed by atoms with E-state index in [-0.39, 0.29) is 23.6 Å². The number of phenols is 1. The van der Waals surface area contributed by atoms with Crippen LogP contribution in [0.4, 0.5) is 0 Å². The van der Waals surface area contributed by atoms with Crippen molar-refractivity contribution in [1.82, 2.24) is 0 Å². The second-order valence-electron chi connectivity index (χ2n) is 3.59. The molecule has 0 spiro atoms. The summed E-state index contributed by atoms with van der Waals surface area (Å²) in [5.74, 6) is 0.126. The number of rotatable bonds is 3. The molecule has 82 valence electrons. The molecule has 0 amide bonds. The quantitative estimate of drug-likeness (QED) is 0.634. The maximum Gasteiger partial charge on any atom is 0.208 e. The zero-order chi connectivity index (χ0) is 11.5. The number of phenolic OH excluding ortho intramolecular Hbond substituents is 1. The van der Waals surface area contributed by atoms with Crippen LogP contribution in [0.1, 0.15) is 5.56 Å². The minimum Gasteiger partial charge on any atom is -0.508 e. The number of benzene rings is 2. The van der Waals surface area contributed by atoms with Crippen molar-refractivity contribution in [1.29, 1.82) is 0 Å². The molecule has 2 aromatic carbocycles. The van der Waals surface area contributed by atoms with Gasteiger partial charge in [-0.3, -0.25) is 10.1 Å². The maximum atomic E-state index is 10.3. The Morgan fingerprint density at radius 2 is 1.94 bits per heavy atom. The minimum atomic E-state index is -0.374. The number of hydrogen-bond donors (Lipinski definition) is 1. The highest BCUT2D eigenvalue weighted by molar-refractivity contribution is 5.87. The van der Waals surface area contributed by atoms with E-state index in [9.17, 15) is 15.2 Å². The number of fused-ring (bicyclic) bond motifs is 1. The first kappa shape index (κ1) is 10.4. The Morgan fingerprint density at radius 3 is 2.69 bits per heavy atom. The standard InChI is InChI=1S/C12H11NO3/c14-12-6-5-9-3-1-2-4-10(9)11(12)7-8-13(15)16/h1-6,14H,7-8H2. The van der Waals surface area contributed by atoms with Crippen molar-refractivity contribution in [2.24, 2.45) is 0 Å². The zero-order valence-electron chi connectivity index (χ0n) is 8.59. The molecule has 2 aromatic rings. The lowest BCUT2D eigenvalue weighted by Crippen LogP contribution is -2.04. The van der Waals surface area contributed by atoms with Crippen LogP contribution < -0.4 is 0 Å². The molecule has 4 nitrogen and oxygen atoms in total. The van der Waals surface area contributed by atoms with E-state index in [1.807, 2.05) is 24.3 Å². The van der Waals surface area contributed by atoms with Crippen LogP contribution in [0.25, 0.3) is 10.8 Å². The fourth-order valence-corrected chi connectivity index (χ4v) is 1.79. The van der Waals surface area contributed by atoms with Crippen molar-refractivity contribution in [3.05, 3.63) is 52.1 Å². The molecular formula is C12H11NO3. The van der Waals surface area contributed by atoms with Gasteiger partial charge in [-0.2, -0.15) is 0 Å². The van der Waals surface area contributed by atoms with Crippen LogP contribution >= 0.6 is 0 Å². The minimum absolute atomic E-state index is 0.126. The highest BCUT2D eigenvalue weighted by atomic mass is 16.6. The summed E-state index contributed by atoms with van der Waals surface area (Å²) >= 11 is 0. The average molecular weight is 217 g/mol. The Labute approximate surface area is 92.3 Å². The molecule has 0 saturated heterocycles. The van der Waals surface area contributed by atoms with Gasteiger partial charge in [0.1, 0.15) is 5.75 Å². The van der Waals surface area contributed by atoms with Gasteiger partial charge in [0.15, 0.2) is 0 Å². The summed E-state index contributed by atoms with van der Waals surface area (Å²) in [6, 6.07) is 10.9. The first-order valence-corrected chi connectivity index (χ1v) is 5.00. The SMILES string of the molecule is O=[N+]([O-])CCc1c(O)ccc2ccccc12. The van der Waals surface area contributed by atoms with E-state index >= 15 is 0 Å². The summed E-state index contributed by atoms with van der Waals surface area (Å²) in [6.45, 7) is -0.165. The summed E-state index contributed by atoms with van der Waals surface area (Å²) in [6.07, 6.45) is 0.250. The first-order chi connectivity index (χ1) is 7.68. The predicted molar refractivity (Wildman–Crippen MR) is 61.2 cm³/mol. The molecule has 2 rings (SSSR count). The van der Waals surface area contributed by atoms with Gasteiger partial charge < -0.3 is 5.11 Å². The topological polar surface area (TPSA) is 63.4 Å². The van der Waals surface area contributed by atoms with Crippen molar-refractivity contribution < 1.29 is 10.0 Å². The monoisotopic (exact) mass is 217 g/mol. The molecule has 0 aliphatic heterocycles. The van der Waals surface area contributed by atoms with Gasteiger partial charge >= 0.3 is 0 Å². The molecule has 0 heterocycles. The molecule has 4 heteroatoms. The molecule has 0 saturated carbocycles. The van der Waals surface area contributed by atoms with E-state index in [0.717, 1.165) is 10.8 Å². The van der Waals surface area contributed by atoms with E-state index < -0.39 is 0 Å². The molecule has 1 N–H and O–H groups in total. The third-order valence-electron chi connectivity index (χ3n) is 2.56. The molecule has 0 radical (unpaired) electrons. The Morgan fingerprint density at radius 1 is 1.19 bits per heavy atom. The largest absolute Gasteiger partial charge is 0.508 e. The molecule has 0 bridgehead atoms. The fraction of sp³-hybridized carbons (Fsp3) is 0.167. The first-order valence-electron chi connectivity index (χ1n) is 5.00. The van der Waals surface area contributed by atoms with E-state index in [4.69, 9.17) is 0 Å². The van der Waals surface area contributed by atoms with Crippen LogP contribution in [0, 0.1) is 10.1 Å². The van der Waals surface area contributed by atoms with Crippen molar-refractivity contribution in [2.75, 3.05) is 6.54 Å². The van der Waals surface area contributed by atoms with E-state index in [1.165, 1.54) is 0 Å². The second kappa shape index (κ2) is 4.18. The number of hydrogen-bond acceptors (Lipinski definition) is 3.